The van der Waals surface area contributed by atoms with Gasteiger partial charge in [-0.1, -0.05) is 52.8 Å². The average Bonchev–Trinajstić information content (AvgIpc) is 2.86. The van der Waals surface area contributed by atoms with Gasteiger partial charge in [0.1, 0.15) is 11.3 Å². The SMILES string of the molecule is C=CC[C@@]1(C)[C@@H]2CCC(=C)[C@@H](C(O)c3c(OC)oc(C)c(C)c3=O)[C@@]2(C)CC[C@@H]1O[Si](CC)(CC)CC. The number of methoxy groups -OCH3 is 1. The fourth-order valence-corrected chi connectivity index (χ4v) is 10.9. The zero-order valence-electron chi connectivity index (χ0n) is 24.5. The van der Waals surface area contributed by atoms with Gasteiger partial charge in [-0.15, -0.1) is 6.58 Å². The van der Waals surface area contributed by atoms with E-state index in [1.54, 1.807) is 13.8 Å². The molecule has 5 nitrogen and oxygen atoms in total. The normalized spacial score (nSPS) is 31.1. The Morgan fingerprint density at radius 1 is 1.19 bits per heavy atom. The van der Waals surface area contributed by atoms with Crippen LogP contribution in [0.4, 0.5) is 0 Å². The monoisotopic (exact) mass is 530 g/mol. The molecule has 2 aliphatic carbocycles. The van der Waals surface area contributed by atoms with Crippen LogP contribution < -0.4 is 10.2 Å². The summed E-state index contributed by atoms with van der Waals surface area (Å²) < 4.78 is 18.5. The molecule has 1 aromatic rings. The van der Waals surface area contributed by atoms with Crippen molar-refractivity contribution in [2.24, 2.45) is 22.7 Å². The van der Waals surface area contributed by atoms with Gasteiger partial charge in [0.15, 0.2) is 13.7 Å². The molecular formula is C31H50O5Si. The number of aliphatic hydroxyl groups is 1. The molecule has 0 saturated heterocycles. The lowest BCUT2D eigenvalue weighted by molar-refractivity contribution is -0.144. The number of fused-ring (bicyclic) bond motifs is 1. The molecule has 0 spiro atoms. The van der Waals surface area contributed by atoms with Gasteiger partial charge in [-0.25, -0.2) is 0 Å². The van der Waals surface area contributed by atoms with Crippen molar-refractivity contribution in [2.45, 2.75) is 111 Å². The Labute approximate surface area is 225 Å². The molecule has 1 heterocycles. The highest BCUT2D eigenvalue weighted by Gasteiger charge is 2.60. The summed E-state index contributed by atoms with van der Waals surface area (Å²) in [5.41, 5.74) is 1.16. The van der Waals surface area contributed by atoms with Crippen molar-refractivity contribution in [3.05, 3.63) is 51.9 Å². The Kier molecular flexibility index (Phi) is 9.08. The van der Waals surface area contributed by atoms with Gasteiger partial charge in [-0.2, -0.15) is 0 Å². The van der Waals surface area contributed by atoms with E-state index in [0.29, 0.717) is 17.2 Å². The van der Waals surface area contributed by atoms with E-state index in [1.165, 1.54) is 7.11 Å². The van der Waals surface area contributed by atoms with Gasteiger partial charge >= 0.3 is 0 Å². The van der Waals surface area contributed by atoms with Crippen LogP contribution in [0.2, 0.25) is 18.1 Å². The molecule has 2 saturated carbocycles. The molecule has 2 aliphatic rings. The zero-order valence-corrected chi connectivity index (χ0v) is 25.5. The Morgan fingerprint density at radius 2 is 1.81 bits per heavy atom. The topological polar surface area (TPSA) is 68.9 Å². The van der Waals surface area contributed by atoms with Crippen molar-refractivity contribution in [2.75, 3.05) is 7.11 Å². The van der Waals surface area contributed by atoms with Crippen molar-refractivity contribution in [1.82, 2.24) is 0 Å². The first-order chi connectivity index (χ1) is 17.4. The first kappa shape index (κ1) is 29.9. The second-order valence-corrected chi connectivity index (χ2v) is 16.8. The van der Waals surface area contributed by atoms with Crippen LogP contribution in [0.5, 0.6) is 5.95 Å². The van der Waals surface area contributed by atoms with Crippen LogP contribution in [0.15, 0.2) is 34.0 Å². The molecule has 0 aliphatic heterocycles. The van der Waals surface area contributed by atoms with Crippen LogP contribution in [0.25, 0.3) is 0 Å². The summed E-state index contributed by atoms with van der Waals surface area (Å²) in [5, 5.41) is 11.9. The molecule has 6 atom stereocenters. The highest BCUT2D eigenvalue weighted by atomic mass is 28.4. The number of ether oxygens (including phenoxy) is 1. The Morgan fingerprint density at radius 3 is 2.35 bits per heavy atom. The highest BCUT2D eigenvalue weighted by molar-refractivity contribution is 6.73. The predicted molar refractivity (Wildman–Crippen MR) is 154 cm³/mol. The van der Waals surface area contributed by atoms with E-state index >= 15 is 0 Å². The first-order valence-electron chi connectivity index (χ1n) is 14.2. The molecule has 2 fully saturated rings. The first-order valence-corrected chi connectivity index (χ1v) is 16.7. The molecule has 1 N–H and O–H groups in total. The maximum atomic E-state index is 13.4. The predicted octanol–water partition coefficient (Wildman–Crippen LogP) is 7.65. The van der Waals surface area contributed by atoms with Crippen LogP contribution in [-0.2, 0) is 4.43 Å². The molecule has 0 amide bonds. The lowest BCUT2D eigenvalue weighted by Gasteiger charge is -2.62. The summed E-state index contributed by atoms with van der Waals surface area (Å²) in [5.74, 6) is 0.634. The maximum absolute atomic E-state index is 13.4. The number of aryl methyl sites for hydroxylation is 1. The quantitative estimate of drug-likeness (QED) is 0.248. The van der Waals surface area contributed by atoms with Crippen molar-refractivity contribution in [3.8, 4) is 5.95 Å². The molecule has 0 bridgehead atoms. The third-order valence-electron chi connectivity index (χ3n) is 10.5. The Hall–Kier alpha value is -1.63. The summed E-state index contributed by atoms with van der Waals surface area (Å²) in [6, 6.07) is 3.38. The maximum Gasteiger partial charge on any atom is 0.294 e. The fourth-order valence-electron chi connectivity index (χ4n) is 7.87. The lowest BCUT2D eigenvalue weighted by Crippen LogP contribution is -2.59. The summed E-state index contributed by atoms with van der Waals surface area (Å²) in [4.78, 5) is 13.4. The zero-order chi connectivity index (χ0) is 27.8. The molecule has 1 unspecified atom stereocenters. The second-order valence-electron chi connectivity index (χ2n) is 12.1. The van der Waals surface area contributed by atoms with E-state index in [2.05, 4.69) is 47.8 Å². The lowest BCUT2D eigenvalue weighted by atomic mass is 9.45. The average molecular weight is 531 g/mol. The van der Waals surface area contributed by atoms with E-state index in [0.717, 1.165) is 55.8 Å². The molecule has 6 heteroatoms. The van der Waals surface area contributed by atoms with Crippen LogP contribution >= 0.6 is 0 Å². The number of rotatable bonds is 10. The van der Waals surface area contributed by atoms with Gasteiger partial charge in [-0.3, -0.25) is 4.79 Å². The number of aliphatic hydroxyl groups excluding tert-OH is 1. The highest BCUT2D eigenvalue weighted by Crippen LogP contribution is 2.65. The smallest absolute Gasteiger partial charge is 0.294 e. The summed E-state index contributed by atoms with van der Waals surface area (Å²) in [6.07, 6.45) is 5.69. The van der Waals surface area contributed by atoms with Crippen molar-refractivity contribution in [3.63, 3.8) is 0 Å². The minimum absolute atomic E-state index is 0.106. The molecule has 1 aromatic heterocycles. The number of hydrogen-bond acceptors (Lipinski definition) is 5. The van der Waals surface area contributed by atoms with E-state index in [-0.39, 0.29) is 39.8 Å². The van der Waals surface area contributed by atoms with Crippen molar-refractivity contribution in [1.29, 1.82) is 0 Å². The van der Waals surface area contributed by atoms with Gasteiger partial charge in [0, 0.05) is 11.5 Å². The third-order valence-corrected chi connectivity index (χ3v) is 15.1. The summed E-state index contributed by atoms with van der Waals surface area (Å²) in [7, 11) is -0.327. The Bertz CT molecular complexity index is 1050. The molecule has 37 heavy (non-hydrogen) atoms. The van der Waals surface area contributed by atoms with Gasteiger partial charge < -0.3 is 18.7 Å². The van der Waals surface area contributed by atoms with E-state index in [1.807, 2.05) is 6.08 Å². The van der Waals surface area contributed by atoms with Gasteiger partial charge in [0.05, 0.1) is 19.3 Å². The fraction of sp³-hybridized carbons (Fsp3) is 0.710. The summed E-state index contributed by atoms with van der Waals surface area (Å²) in [6.45, 7) is 23.6. The molecule has 0 aromatic carbocycles. The third kappa shape index (κ3) is 4.94. The molecule has 208 valence electrons. The van der Waals surface area contributed by atoms with Crippen LogP contribution in [0, 0.1) is 36.5 Å². The van der Waals surface area contributed by atoms with E-state index in [9.17, 15) is 9.90 Å². The number of hydrogen-bond donors (Lipinski definition) is 1. The standard InChI is InChI=1S/C31H50O5Si/c1-11-18-30(8)23-16-15-20(5)26(28(33)25-27(32)21(6)22(7)35-29(25)34-10)31(23,9)19-17-24(30)36-37(12-2,13-3)14-4/h11,23-24,26,28,33H,1,5,12-19H2,2-4,6-10H3/t23-,24-,26-,28?,30-,31-/m0/s1. The van der Waals surface area contributed by atoms with Crippen molar-refractivity contribution < 1.29 is 18.7 Å². The Balaban J connectivity index is 2.10. The minimum atomic E-state index is -1.81. The molecule has 0 radical (unpaired) electrons. The molecule has 3 rings (SSSR count). The van der Waals surface area contributed by atoms with Gasteiger partial charge in [-0.05, 0) is 80.8 Å². The second kappa shape index (κ2) is 11.2. The minimum Gasteiger partial charge on any atom is -0.468 e. The van der Waals surface area contributed by atoms with Gasteiger partial charge in [0.2, 0.25) is 0 Å². The van der Waals surface area contributed by atoms with E-state index in [4.69, 9.17) is 13.6 Å². The summed E-state index contributed by atoms with van der Waals surface area (Å²) >= 11 is 0. The van der Waals surface area contributed by atoms with Crippen molar-refractivity contribution >= 4 is 8.32 Å². The largest absolute Gasteiger partial charge is 0.468 e. The van der Waals surface area contributed by atoms with Crippen LogP contribution in [-0.4, -0.2) is 26.6 Å². The van der Waals surface area contributed by atoms with Crippen LogP contribution in [0.3, 0.4) is 0 Å². The number of allylic oxidation sites excluding steroid dienone is 1. The van der Waals surface area contributed by atoms with E-state index < -0.39 is 14.4 Å². The molecular weight excluding hydrogens is 480 g/mol. The van der Waals surface area contributed by atoms with Gasteiger partial charge in [0.25, 0.3) is 5.95 Å². The van der Waals surface area contributed by atoms with Crippen LogP contribution in [0.1, 0.15) is 89.7 Å².